The first-order valence-corrected chi connectivity index (χ1v) is 5.58. The van der Waals surface area contributed by atoms with Gasteiger partial charge in [-0.25, -0.2) is 18.3 Å². The Morgan fingerprint density at radius 2 is 1.74 bits per heavy atom. The molecule has 0 saturated carbocycles. The Bertz CT molecular complexity index is 655. The van der Waals surface area contributed by atoms with Gasteiger partial charge in [0.2, 0.25) is 0 Å². The standard InChI is InChI=1S/C13H12F2N2O2/c1-6-7(2)16-17(8(6)3)12-10(14)4-9(13(18)19)5-11(12)15/h4-5H,1-3H3,(H,18,19). The predicted molar refractivity (Wildman–Crippen MR) is 64.7 cm³/mol. The van der Waals surface area contributed by atoms with E-state index in [1.807, 2.05) is 0 Å². The van der Waals surface area contributed by atoms with E-state index in [4.69, 9.17) is 5.11 Å². The molecule has 19 heavy (non-hydrogen) atoms. The molecule has 0 aliphatic rings. The van der Waals surface area contributed by atoms with Crippen molar-refractivity contribution in [3.8, 4) is 5.69 Å². The van der Waals surface area contributed by atoms with E-state index in [-0.39, 0.29) is 5.69 Å². The number of aromatic nitrogens is 2. The molecule has 0 aliphatic heterocycles. The second kappa shape index (κ2) is 4.46. The van der Waals surface area contributed by atoms with Crippen LogP contribution in [0.2, 0.25) is 0 Å². The lowest BCUT2D eigenvalue weighted by molar-refractivity contribution is 0.0695. The summed E-state index contributed by atoms with van der Waals surface area (Å²) in [5, 5.41) is 12.8. The largest absolute Gasteiger partial charge is 0.478 e. The maximum atomic E-state index is 13.9. The van der Waals surface area contributed by atoms with Gasteiger partial charge in [-0.1, -0.05) is 0 Å². The Morgan fingerprint density at radius 3 is 2.11 bits per heavy atom. The third-order valence-corrected chi connectivity index (χ3v) is 3.13. The van der Waals surface area contributed by atoms with E-state index in [1.54, 1.807) is 20.8 Å². The molecule has 1 aromatic heterocycles. The number of nitrogens with zero attached hydrogens (tertiary/aromatic N) is 2. The molecule has 1 aromatic carbocycles. The summed E-state index contributed by atoms with van der Waals surface area (Å²) in [6, 6.07) is 1.57. The van der Waals surface area contributed by atoms with Gasteiger partial charge in [0, 0.05) is 5.69 Å². The summed E-state index contributed by atoms with van der Waals surface area (Å²) in [6.07, 6.45) is 0. The van der Waals surface area contributed by atoms with Crippen LogP contribution in [0.15, 0.2) is 12.1 Å². The lowest BCUT2D eigenvalue weighted by atomic mass is 10.1. The number of aryl methyl sites for hydroxylation is 1. The lowest BCUT2D eigenvalue weighted by Crippen LogP contribution is -2.08. The van der Waals surface area contributed by atoms with E-state index >= 15 is 0 Å². The first kappa shape index (κ1) is 13.2. The lowest BCUT2D eigenvalue weighted by Gasteiger charge is -2.08. The molecular formula is C13H12F2N2O2. The van der Waals surface area contributed by atoms with Crippen LogP contribution in [-0.4, -0.2) is 20.9 Å². The van der Waals surface area contributed by atoms with E-state index < -0.39 is 23.2 Å². The number of benzene rings is 1. The van der Waals surface area contributed by atoms with Gasteiger partial charge in [0.05, 0.1) is 11.3 Å². The molecule has 0 aliphatic carbocycles. The minimum Gasteiger partial charge on any atom is -0.478 e. The molecule has 0 amide bonds. The zero-order valence-corrected chi connectivity index (χ0v) is 10.7. The normalized spacial score (nSPS) is 10.8. The summed E-state index contributed by atoms with van der Waals surface area (Å²) in [5.41, 5.74) is 1.31. The van der Waals surface area contributed by atoms with Gasteiger partial charge in [0.25, 0.3) is 0 Å². The van der Waals surface area contributed by atoms with Crippen LogP contribution in [0, 0.1) is 32.4 Å². The molecule has 2 rings (SSSR count). The van der Waals surface area contributed by atoms with E-state index in [1.165, 1.54) is 0 Å². The Kier molecular flexibility index (Phi) is 3.09. The fraction of sp³-hybridized carbons (Fsp3) is 0.231. The summed E-state index contributed by atoms with van der Waals surface area (Å²) in [5.74, 6) is -3.29. The van der Waals surface area contributed by atoms with Crippen LogP contribution in [0.1, 0.15) is 27.3 Å². The van der Waals surface area contributed by atoms with Gasteiger partial charge in [0.15, 0.2) is 11.6 Å². The Morgan fingerprint density at radius 1 is 1.21 bits per heavy atom. The minimum atomic E-state index is -1.38. The van der Waals surface area contributed by atoms with Crippen molar-refractivity contribution >= 4 is 5.97 Å². The summed E-state index contributed by atoms with van der Waals surface area (Å²) >= 11 is 0. The van der Waals surface area contributed by atoms with Crippen LogP contribution in [0.25, 0.3) is 5.69 Å². The van der Waals surface area contributed by atoms with Crippen LogP contribution in [-0.2, 0) is 0 Å². The number of halogens is 2. The van der Waals surface area contributed by atoms with Gasteiger partial charge in [-0.05, 0) is 38.5 Å². The molecule has 0 fully saturated rings. The van der Waals surface area contributed by atoms with Crippen LogP contribution in [0.5, 0.6) is 0 Å². The fourth-order valence-corrected chi connectivity index (χ4v) is 1.83. The van der Waals surface area contributed by atoms with E-state index in [9.17, 15) is 13.6 Å². The van der Waals surface area contributed by atoms with Crippen molar-refractivity contribution in [1.29, 1.82) is 0 Å². The second-order valence-electron chi connectivity index (χ2n) is 4.30. The molecule has 0 unspecified atom stereocenters. The number of rotatable bonds is 2. The Hall–Kier alpha value is -2.24. The first-order chi connectivity index (χ1) is 8.82. The average Bonchev–Trinajstić information content (AvgIpc) is 2.56. The zero-order chi connectivity index (χ0) is 14.3. The van der Waals surface area contributed by atoms with Gasteiger partial charge < -0.3 is 5.11 Å². The van der Waals surface area contributed by atoms with Crippen molar-refractivity contribution in [3.05, 3.63) is 46.3 Å². The quantitative estimate of drug-likeness (QED) is 0.909. The van der Waals surface area contributed by atoms with Gasteiger partial charge >= 0.3 is 5.97 Å². The molecule has 2 aromatic rings. The molecule has 1 N–H and O–H groups in total. The number of carboxylic acid groups (broad SMARTS) is 1. The Balaban J connectivity index is 2.69. The highest BCUT2D eigenvalue weighted by atomic mass is 19.1. The van der Waals surface area contributed by atoms with Crippen molar-refractivity contribution < 1.29 is 18.7 Å². The van der Waals surface area contributed by atoms with Crippen molar-refractivity contribution in [3.63, 3.8) is 0 Å². The molecule has 1 heterocycles. The van der Waals surface area contributed by atoms with Gasteiger partial charge in [0.1, 0.15) is 5.69 Å². The van der Waals surface area contributed by atoms with Gasteiger partial charge in [-0.15, -0.1) is 0 Å². The number of hydrogen-bond donors (Lipinski definition) is 1. The van der Waals surface area contributed by atoms with Crippen molar-refractivity contribution in [2.24, 2.45) is 0 Å². The molecule has 4 nitrogen and oxygen atoms in total. The maximum absolute atomic E-state index is 13.9. The third kappa shape index (κ3) is 2.09. The highest BCUT2D eigenvalue weighted by Gasteiger charge is 2.19. The summed E-state index contributed by atoms with van der Waals surface area (Å²) in [6.45, 7) is 5.23. The highest BCUT2D eigenvalue weighted by molar-refractivity contribution is 5.87. The maximum Gasteiger partial charge on any atom is 0.335 e. The number of carbonyl (C=O) groups is 1. The topological polar surface area (TPSA) is 55.1 Å². The highest BCUT2D eigenvalue weighted by Crippen LogP contribution is 2.23. The number of aromatic carboxylic acids is 1. The SMILES string of the molecule is Cc1nn(-c2c(F)cc(C(=O)O)cc2F)c(C)c1C. The molecule has 0 bridgehead atoms. The molecule has 0 atom stereocenters. The molecule has 0 radical (unpaired) electrons. The predicted octanol–water partition coefficient (Wildman–Crippen LogP) is 2.77. The van der Waals surface area contributed by atoms with Crippen molar-refractivity contribution in [1.82, 2.24) is 9.78 Å². The third-order valence-electron chi connectivity index (χ3n) is 3.13. The van der Waals surface area contributed by atoms with Gasteiger partial charge in [-0.3, -0.25) is 0 Å². The molecule has 6 heteroatoms. The first-order valence-electron chi connectivity index (χ1n) is 5.58. The van der Waals surface area contributed by atoms with Crippen LogP contribution in [0.3, 0.4) is 0 Å². The van der Waals surface area contributed by atoms with Crippen molar-refractivity contribution in [2.45, 2.75) is 20.8 Å². The summed E-state index contributed by atoms with van der Waals surface area (Å²) in [7, 11) is 0. The van der Waals surface area contributed by atoms with E-state index in [0.29, 0.717) is 11.4 Å². The summed E-state index contributed by atoms with van der Waals surface area (Å²) < 4.78 is 29.0. The smallest absolute Gasteiger partial charge is 0.335 e. The average molecular weight is 266 g/mol. The molecule has 100 valence electrons. The molecule has 0 spiro atoms. The minimum absolute atomic E-state index is 0.362. The monoisotopic (exact) mass is 266 g/mol. The van der Waals surface area contributed by atoms with Crippen molar-refractivity contribution in [2.75, 3.05) is 0 Å². The van der Waals surface area contributed by atoms with Crippen LogP contribution < -0.4 is 0 Å². The van der Waals surface area contributed by atoms with E-state index in [0.717, 1.165) is 22.4 Å². The Labute approximate surface area is 108 Å². The molecular weight excluding hydrogens is 254 g/mol. The summed E-state index contributed by atoms with van der Waals surface area (Å²) in [4.78, 5) is 10.7. The molecule has 0 saturated heterocycles. The second-order valence-corrected chi connectivity index (χ2v) is 4.30. The van der Waals surface area contributed by atoms with Crippen LogP contribution in [0.4, 0.5) is 8.78 Å². The zero-order valence-electron chi connectivity index (χ0n) is 10.7. The van der Waals surface area contributed by atoms with Gasteiger partial charge in [-0.2, -0.15) is 5.10 Å². The number of hydrogen-bond acceptors (Lipinski definition) is 2. The fourth-order valence-electron chi connectivity index (χ4n) is 1.83. The van der Waals surface area contributed by atoms with Crippen LogP contribution >= 0.6 is 0 Å². The number of carboxylic acids is 1. The van der Waals surface area contributed by atoms with E-state index in [2.05, 4.69) is 5.10 Å².